The molecule has 0 aromatic heterocycles. The van der Waals surface area contributed by atoms with Crippen molar-refractivity contribution in [2.75, 3.05) is 6.54 Å². The molecule has 1 unspecified atom stereocenters. The van der Waals surface area contributed by atoms with E-state index < -0.39 is 0 Å². The van der Waals surface area contributed by atoms with Gasteiger partial charge in [-0.05, 0) is 54.9 Å². The smallest absolute Gasteiger partial charge is 0.00180 e. The van der Waals surface area contributed by atoms with Crippen molar-refractivity contribution in [3.05, 3.63) is 0 Å². The summed E-state index contributed by atoms with van der Waals surface area (Å²) < 4.78 is 0. The molecule has 1 nitrogen and oxygen atoms in total. The fourth-order valence-corrected chi connectivity index (χ4v) is 3.39. The molecule has 2 N–H and O–H groups in total. The van der Waals surface area contributed by atoms with Crippen LogP contribution in [0.15, 0.2) is 0 Å². The lowest BCUT2D eigenvalue weighted by Crippen LogP contribution is -2.41. The van der Waals surface area contributed by atoms with Crippen LogP contribution in [0.2, 0.25) is 0 Å². The Morgan fingerprint density at radius 2 is 1.75 bits per heavy atom. The second-order valence-electron chi connectivity index (χ2n) is 7.02. The summed E-state index contributed by atoms with van der Waals surface area (Å²) in [6.45, 7) is 12.7. The molecule has 0 amide bonds. The molecule has 0 spiro atoms. The Kier molecular flexibility index (Phi) is 4.45. The molecule has 1 atom stereocenters. The van der Waals surface area contributed by atoms with Gasteiger partial charge >= 0.3 is 0 Å². The number of nitrogens with two attached hydrogens (primary N) is 1. The quantitative estimate of drug-likeness (QED) is 0.765. The maximum Gasteiger partial charge on any atom is -0.00180 e. The molecule has 1 saturated carbocycles. The lowest BCUT2D eigenvalue weighted by Gasteiger charge is -2.46. The van der Waals surface area contributed by atoms with Gasteiger partial charge in [0.05, 0.1) is 0 Å². The van der Waals surface area contributed by atoms with E-state index in [4.69, 9.17) is 5.73 Å². The van der Waals surface area contributed by atoms with Crippen molar-refractivity contribution in [3.63, 3.8) is 0 Å². The number of rotatable bonds is 3. The molecule has 0 bridgehead atoms. The summed E-state index contributed by atoms with van der Waals surface area (Å²) in [6, 6.07) is 0. The molecule has 0 aromatic rings. The van der Waals surface area contributed by atoms with E-state index in [-0.39, 0.29) is 0 Å². The summed E-state index contributed by atoms with van der Waals surface area (Å²) in [7, 11) is 0. The van der Waals surface area contributed by atoms with Crippen molar-refractivity contribution in [1.82, 2.24) is 0 Å². The second kappa shape index (κ2) is 5.08. The average Bonchev–Trinajstić information content (AvgIpc) is 2.26. The van der Waals surface area contributed by atoms with E-state index in [2.05, 4.69) is 34.6 Å². The molecule has 16 heavy (non-hydrogen) atoms. The van der Waals surface area contributed by atoms with Gasteiger partial charge in [0.2, 0.25) is 0 Å². The Labute approximate surface area is 102 Å². The van der Waals surface area contributed by atoms with E-state index >= 15 is 0 Å². The topological polar surface area (TPSA) is 26.0 Å². The molecule has 0 aromatic carbocycles. The monoisotopic (exact) mass is 225 g/mol. The van der Waals surface area contributed by atoms with Crippen molar-refractivity contribution in [2.24, 2.45) is 28.4 Å². The van der Waals surface area contributed by atoms with E-state index in [0.29, 0.717) is 10.8 Å². The molecular formula is C15H31N. The highest BCUT2D eigenvalue weighted by molar-refractivity contribution is 4.92. The minimum atomic E-state index is 0.455. The van der Waals surface area contributed by atoms with Gasteiger partial charge in [-0.1, -0.05) is 41.0 Å². The highest BCUT2D eigenvalue weighted by atomic mass is 14.6. The van der Waals surface area contributed by atoms with Crippen LogP contribution in [0.25, 0.3) is 0 Å². The van der Waals surface area contributed by atoms with Gasteiger partial charge in [-0.3, -0.25) is 0 Å². The SMILES string of the molecule is CCC(C)C1(CN)CCC(C(C)(C)C)CC1. The first kappa shape index (κ1) is 14.0. The van der Waals surface area contributed by atoms with Crippen LogP contribution in [0.1, 0.15) is 66.7 Å². The Hall–Kier alpha value is -0.0400. The van der Waals surface area contributed by atoms with Gasteiger partial charge in [0.1, 0.15) is 0 Å². The molecule has 0 radical (unpaired) electrons. The number of hydrogen-bond donors (Lipinski definition) is 1. The molecule has 96 valence electrons. The van der Waals surface area contributed by atoms with Gasteiger partial charge in [-0.15, -0.1) is 0 Å². The molecule has 0 saturated heterocycles. The molecule has 1 fully saturated rings. The molecule has 0 aliphatic heterocycles. The molecule has 0 heterocycles. The van der Waals surface area contributed by atoms with Crippen molar-refractivity contribution in [1.29, 1.82) is 0 Å². The highest BCUT2D eigenvalue weighted by Gasteiger charge is 2.40. The summed E-state index contributed by atoms with van der Waals surface area (Å²) in [5.74, 6) is 1.69. The zero-order valence-electron chi connectivity index (χ0n) is 12.0. The summed E-state index contributed by atoms with van der Waals surface area (Å²) in [6.07, 6.45) is 6.73. The van der Waals surface area contributed by atoms with E-state index in [1.54, 1.807) is 0 Å². The Balaban J connectivity index is 2.64. The molecule has 1 aliphatic rings. The first-order valence-corrected chi connectivity index (χ1v) is 7.06. The summed E-state index contributed by atoms with van der Waals surface area (Å²) in [4.78, 5) is 0. The van der Waals surface area contributed by atoms with Crippen LogP contribution in [0.5, 0.6) is 0 Å². The maximum absolute atomic E-state index is 6.07. The van der Waals surface area contributed by atoms with Crippen molar-refractivity contribution >= 4 is 0 Å². The van der Waals surface area contributed by atoms with E-state index in [9.17, 15) is 0 Å². The Morgan fingerprint density at radius 3 is 2.06 bits per heavy atom. The fraction of sp³-hybridized carbons (Fsp3) is 1.00. The minimum Gasteiger partial charge on any atom is -0.330 e. The summed E-state index contributed by atoms with van der Waals surface area (Å²) in [5.41, 5.74) is 7.01. The highest BCUT2D eigenvalue weighted by Crippen LogP contribution is 2.48. The molecule has 1 heteroatoms. The summed E-state index contributed by atoms with van der Waals surface area (Å²) in [5, 5.41) is 0. The largest absolute Gasteiger partial charge is 0.330 e. The van der Waals surface area contributed by atoms with Gasteiger partial charge in [-0.25, -0.2) is 0 Å². The maximum atomic E-state index is 6.07. The van der Waals surface area contributed by atoms with Crippen LogP contribution in [-0.4, -0.2) is 6.54 Å². The van der Waals surface area contributed by atoms with Crippen LogP contribution in [-0.2, 0) is 0 Å². The van der Waals surface area contributed by atoms with Crippen LogP contribution in [0, 0.1) is 22.7 Å². The predicted octanol–water partition coefficient (Wildman–Crippen LogP) is 4.21. The van der Waals surface area contributed by atoms with Crippen LogP contribution < -0.4 is 5.73 Å². The zero-order chi connectivity index (χ0) is 12.4. The van der Waals surface area contributed by atoms with Crippen molar-refractivity contribution in [2.45, 2.75) is 66.7 Å². The summed E-state index contributed by atoms with van der Waals surface area (Å²) >= 11 is 0. The van der Waals surface area contributed by atoms with Crippen LogP contribution in [0.4, 0.5) is 0 Å². The second-order valence-corrected chi connectivity index (χ2v) is 7.02. The third-order valence-electron chi connectivity index (χ3n) is 5.27. The standard InChI is InChI=1S/C15H31N/c1-6-12(2)15(11-16)9-7-13(8-10-15)14(3,4)5/h12-13H,6-11,16H2,1-5H3. The first-order chi connectivity index (χ1) is 7.35. The Bertz CT molecular complexity index is 206. The third kappa shape index (κ3) is 2.80. The first-order valence-electron chi connectivity index (χ1n) is 7.06. The minimum absolute atomic E-state index is 0.455. The number of hydrogen-bond acceptors (Lipinski definition) is 1. The van der Waals surface area contributed by atoms with Crippen LogP contribution in [0.3, 0.4) is 0 Å². The third-order valence-corrected chi connectivity index (χ3v) is 5.27. The average molecular weight is 225 g/mol. The van der Waals surface area contributed by atoms with Gasteiger partial charge in [0, 0.05) is 0 Å². The van der Waals surface area contributed by atoms with E-state index in [1.807, 2.05) is 0 Å². The van der Waals surface area contributed by atoms with Gasteiger partial charge in [0.15, 0.2) is 0 Å². The van der Waals surface area contributed by atoms with E-state index in [1.165, 1.54) is 32.1 Å². The zero-order valence-corrected chi connectivity index (χ0v) is 12.0. The van der Waals surface area contributed by atoms with Gasteiger partial charge in [0.25, 0.3) is 0 Å². The fourth-order valence-electron chi connectivity index (χ4n) is 3.39. The van der Waals surface area contributed by atoms with Crippen molar-refractivity contribution < 1.29 is 0 Å². The molecular weight excluding hydrogens is 194 g/mol. The van der Waals surface area contributed by atoms with E-state index in [0.717, 1.165) is 18.4 Å². The van der Waals surface area contributed by atoms with Gasteiger partial charge in [-0.2, -0.15) is 0 Å². The van der Waals surface area contributed by atoms with Crippen molar-refractivity contribution in [3.8, 4) is 0 Å². The normalized spacial score (nSPS) is 33.8. The lowest BCUT2D eigenvalue weighted by atomic mass is 9.59. The Morgan fingerprint density at radius 1 is 1.25 bits per heavy atom. The molecule has 1 rings (SSSR count). The van der Waals surface area contributed by atoms with Crippen LogP contribution >= 0.6 is 0 Å². The van der Waals surface area contributed by atoms with Gasteiger partial charge < -0.3 is 5.73 Å². The molecule has 1 aliphatic carbocycles. The predicted molar refractivity (Wildman–Crippen MR) is 72.4 cm³/mol. The lowest BCUT2D eigenvalue weighted by molar-refractivity contribution is 0.0505.